The standard InChI is InChI=1S/C11H17F/c1-8-6-7-11(12)10-5-3-2-4-9(8)10/h9-11H,1-7H2. The van der Waals surface area contributed by atoms with Crippen molar-refractivity contribution in [3.63, 3.8) is 0 Å². The van der Waals surface area contributed by atoms with E-state index in [1.165, 1.54) is 24.8 Å². The first kappa shape index (κ1) is 8.28. The number of allylic oxidation sites excluding steroid dienone is 1. The Balaban J connectivity index is 2.11. The molecule has 0 amide bonds. The lowest BCUT2D eigenvalue weighted by atomic mass is 9.68. The van der Waals surface area contributed by atoms with Gasteiger partial charge in [0.25, 0.3) is 0 Å². The smallest absolute Gasteiger partial charge is 0.104 e. The van der Waals surface area contributed by atoms with Crippen LogP contribution in [0, 0.1) is 11.8 Å². The van der Waals surface area contributed by atoms with Crippen LogP contribution in [0.1, 0.15) is 38.5 Å². The van der Waals surface area contributed by atoms with E-state index in [2.05, 4.69) is 6.58 Å². The molecule has 3 unspecified atom stereocenters. The molecule has 0 aromatic rings. The van der Waals surface area contributed by atoms with Crippen molar-refractivity contribution in [1.29, 1.82) is 0 Å². The van der Waals surface area contributed by atoms with Crippen molar-refractivity contribution >= 4 is 0 Å². The van der Waals surface area contributed by atoms with Gasteiger partial charge in [0.15, 0.2) is 0 Å². The highest BCUT2D eigenvalue weighted by Crippen LogP contribution is 2.43. The van der Waals surface area contributed by atoms with Crippen LogP contribution in [0.3, 0.4) is 0 Å². The lowest BCUT2D eigenvalue weighted by Gasteiger charge is -2.39. The minimum Gasteiger partial charge on any atom is -0.247 e. The molecule has 2 saturated carbocycles. The van der Waals surface area contributed by atoms with Crippen molar-refractivity contribution < 1.29 is 4.39 Å². The summed E-state index contributed by atoms with van der Waals surface area (Å²) in [7, 11) is 0. The molecule has 0 nitrogen and oxygen atoms in total. The summed E-state index contributed by atoms with van der Waals surface area (Å²) < 4.78 is 13.5. The molecule has 1 heteroatoms. The van der Waals surface area contributed by atoms with E-state index in [-0.39, 0.29) is 0 Å². The van der Waals surface area contributed by atoms with Gasteiger partial charge in [-0.25, -0.2) is 4.39 Å². The van der Waals surface area contributed by atoms with Gasteiger partial charge < -0.3 is 0 Å². The molecule has 2 aliphatic carbocycles. The van der Waals surface area contributed by atoms with Crippen molar-refractivity contribution in [3.05, 3.63) is 12.2 Å². The molecule has 0 aromatic heterocycles. The Morgan fingerprint density at radius 1 is 1.17 bits per heavy atom. The predicted octanol–water partition coefficient (Wildman–Crippen LogP) is 3.48. The minimum absolute atomic E-state index is 0.333. The van der Waals surface area contributed by atoms with Crippen LogP contribution in [0.25, 0.3) is 0 Å². The Morgan fingerprint density at radius 2 is 1.92 bits per heavy atom. The molecule has 2 aliphatic rings. The van der Waals surface area contributed by atoms with Crippen LogP contribution in [0.15, 0.2) is 12.2 Å². The van der Waals surface area contributed by atoms with Gasteiger partial charge in [0.05, 0.1) is 0 Å². The molecule has 0 N–H and O–H groups in total. The summed E-state index contributed by atoms with van der Waals surface area (Å²) in [6.07, 6.45) is 5.96. The zero-order valence-electron chi connectivity index (χ0n) is 7.56. The molecule has 0 spiro atoms. The third-order valence-electron chi connectivity index (χ3n) is 3.55. The highest BCUT2D eigenvalue weighted by molar-refractivity contribution is 5.09. The first-order valence-corrected chi connectivity index (χ1v) is 5.11. The van der Waals surface area contributed by atoms with Crippen molar-refractivity contribution in [3.8, 4) is 0 Å². The van der Waals surface area contributed by atoms with E-state index in [0.29, 0.717) is 11.8 Å². The fraction of sp³-hybridized carbons (Fsp3) is 0.818. The maximum Gasteiger partial charge on any atom is 0.104 e. The van der Waals surface area contributed by atoms with Gasteiger partial charge in [-0.2, -0.15) is 0 Å². The molecule has 3 atom stereocenters. The summed E-state index contributed by atoms with van der Waals surface area (Å²) in [6.45, 7) is 4.07. The fourth-order valence-electron chi connectivity index (χ4n) is 2.82. The molecule has 12 heavy (non-hydrogen) atoms. The van der Waals surface area contributed by atoms with Crippen LogP contribution >= 0.6 is 0 Å². The van der Waals surface area contributed by atoms with Gasteiger partial charge >= 0.3 is 0 Å². The van der Waals surface area contributed by atoms with Gasteiger partial charge in [-0.1, -0.05) is 25.0 Å². The summed E-state index contributed by atoms with van der Waals surface area (Å²) in [5, 5.41) is 0. The molecule has 0 aliphatic heterocycles. The zero-order chi connectivity index (χ0) is 8.55. The number of hydrogen-bond acceptors (Lipinski definition) is 0. The van der Waals surface area contributed by atoms with Gasteiger partial charge in [-0.05, 0) is 37.5 Å². The monoisotopic (exact) mass is 168 g/mol. The lowest BCUT2D eigenvalue weighted by Crippen LogP contribution is -2.33. The SMILES string of the molecule is C=C1CCC(F)C2CCCCC12. The lowest BCUT2D eigenvalue weighted by molar-refractivity contribution is 0.106. The van der Waals surface area contributed by atoms with Gasteiger partial charge in [-0.3, -0.25) is 0 Å². The fourth-order valence-corrected chi connectivity index (χ4v) is 2.82. The van der Waals surface area contributed by atoms with Crippen LogP contribution in [0.2, 0.25) is 0 Å². The highest BCUT2D eigenvalue weighted by Gasteiger charge is 2.36. The molecule has 0 saturated heterocycles. The molecule has 2 fully saturated rings. The normalized spacial score (nSPS) is 42.4. The van der Waals surface area contributed by atoms with Gasteiger partial charge in [0.2, 0.25) is 0 Å². The number of halogens is 1. The minimum atomic E-state index is -0.527. The topological polar surface area (TPSA) is 0 Å². The van der Waals surface area contributed by atoms with E-state index in [4.69, 9.17) is 0 Å². The van der Waals surface area contributed by atoms with Crippen molar-refractivity contribution in [2.24, 2.45) is 11.8 Å². The highest BCUT2D eigenvalue weighted by atomic mass is 19.1. The van der Waals surface area contributed by atoms with E-state index >= 15 is 0 Å². The van der Waals surface area contributed by atoms with E-state index < -0.39 is 6.17 Å². The molecular formula is C11H17F. The second-order valence-electron chi connectivity index (χ2n) is 4.27. The third-order valence-corrected chi connectivity index (χ3v) is 3.55. The average Bonchev–Trinajstić information content (AvgIpc) is 2.12. The Hall–Kier alpha value is -0.330. The summed E-state index contributed by atoms with van der Waals surface area (Å²) in [6, 6.07) is 0. The average molecular weight is 168 g/mol. The van der Waals surface area contributed by atoms with Gasteiger partial charge in [0.1, 0.15) is 6.17 Å². The van der Waals surface area contributed by atoms with E-state index in [0.717, 1.165) is 19.3 Å². The molecule has 0 aromatic carbocycles. The Kier molecular flexibility index (Phi) is 2.20. The predicted molar refractivity (Wildman–Crippen MR) is 48.7 cm³/mol. The van der Waals surface area contributed by atoms with Gasteiger partial charge in [0, 0.05) is 0 Å². The van der Waals surface area contributed by atoms with Crippen LogP contribution < -0.4 is 0 Å². The Labute approximate surface area is 73.9 Å². The maximum atomic E-state index is 13.5. The second kappa shape index (κ2) is 3.20. The first-order valence-electron chi connectivity index (χ1n) is 5.11. The van der Waals surface area contributed by atoms with Crippen molar-refractivity contribution in [1.82, 2.24) is 0 Å². The molecule has 0 radical (unpaired) electrons. The van der Waals surface area contributed by atoms with Crippen LogP contribution in [-0.2, 0) is 0 Å². The van der Waals surface area contributed by atoms with Crippen molar-refractivity contribution in [2.75, 3.05) is 0 Å². The summed E-state index contributed by atoms with van der Waals surface area (Å²) in [4.78, 5) is 0. The molecule has 68 valence electrons. The number of alkyl halides is 1. The molecule has 0 heterocycles. The zero-order valence-corrected chi connectivity index (χ0v) is 7.56. The van der Waals surface area contributed by atoms with Crippen LogP contribution in [-0.4, -0.2) is 6.17 Å². The Bertz CT molecular complexity index is 185. The van der Waals surface area contributed by atoms with E-state index in [1.54, 1.807) is 0 Å². The summed E-state index contributed by atoms with van der Waals surface area (Å²) in [5.41, 5.74) is 1.33. The summed E-state index contributed by atoms with van der Waals surface area (Å²) in [5.74, 6) is 0.863. The van der Waals surface area contributed by atoms with Gasteiger partial charge in [-0.15, -0.1) is 0 Å². The molecule has 0 bridgehead atoms. The first-order chi connectivity index (χ1) is 5.79. The molecule has 2 rings (SSSR count). The number of rotatable bonds is 0. The third kappa shape index (κ3) is 1.30. The van der Waals surface area contributed by atoms with Crippen LogP contribution in [0.4, 0.5) is 4.39 Å². The largest absolute Gasteiger partial charge is 0.247 e. The number of fused-ring (bicyclic) bond motifs is 1. The molecular weight excluding hydrogens is 151 g/mol. The second-order valence-corrected chi connectivity index (χ2v) is 4.27. The summed E-state index contributed by atoms with van der Waals surface area (Å²) >= 11 is 0. The van der Waals surface area contributed by atoms with E-state index in [1.807, 2.05) is 0 Å². The number of hydrogen-bond donors (Lipinski definition) is 0. The van der Waals surface area contributed by atoms with E-state index in [9.17, 15) is 4.39 Å². The maximum absolute atomic E-state index is 13.5. The Morgan fingerprint density at radius 3 is 2.67 bits per heavy atom. The van der Waals surface area contributed by atoms with Crippen LogP contribution in [0.5, 0.6) is 0 Å². The quantitative estimate of drug-likeness (QED) is 0.486. The van der Waals surface area contributed by atoms with Crippen molar-refractivity contribution in [2.45, 2.75) is 44.7 Å².